The van der Waals surface area contributed by atoms with Crippen molar-refractivity contribution < 1.29 is 4.79 Å². The van der Waals surface area contributed by atoms with Crippen LogP contribution >= 0.6 is 0 Å². The summed E-state index contributed by atoms with van der Waals surface area (Å²) in [5.74, 6) is 5.07. The number of benzene rings is 2. The second-order valence-corrected chi connectivity index (χ2v) is 4.00. The van der Waals surface area contributed by atoms with Crippen LogP contribution in [0.1, 0.15) is 10.4 Å². The summed E-state index contributed by atoms with van der Waals surface area (Å²) in [7, 11) is 0. The smallest absolute Gasteiger partial charge is 0.255 e. The van der Waals surface area contributed by atoms with E-state index in [-0.39, 0.29) is 5.91 Å². The number of nitrogens with one attached hydrogen (secondary N) is 3. The van der Waals surface area contributed by atoms with Gasteiger partial charge in [-0.1, -0.05) is 24.3 Å². The van der Waals surface area contributed by atoms with E-state index >= 15 is 0 Å². The number of anilines is 2. The highest BCUT2D eigenvalue weighted by molar-refractivity contribution is 6.05. The fourth-order valence-corrected chi connectivity index (χ4v) is 1.71. The van der Waals surface area contributed by atoms with Crippen LogP contribution in [-0.4, -0.2) is 12.2 Å². The molecular formula is C14H15N5O. The Hall–Kier alpha value is -2.70. The van der Waals surface area contributed by atoms with E-state index in [9.17, 15) is 4.79 Å². The predicted octanol–water partition coefficient (Wildman–Crippen LogP) is 1.73. The largest absolute Gasteiger partial charge is 0.322 e. The molecule has 0 heterocycles. The van der Waals surface area contributed by atoms with Gasteiger partial charge >= 0.3 is 0 Å². The Morgan fingerprint density at radius 1 is 1.15 bits per heavy atom. The minimum Gasteiger partial charge on any atom is -0.322 e. The van der Waals surface area contributed by atoms with Crippen molar-refractivity contribution in [3.8, 4) is 0 Å². The molecule has 0 aliphatic carbocycles. The zero-order valence-corrected chi connectivity index (χ0v) is 10.7. The Bertz CT molecular complexity index is 600. The van der Waals surface area contributed by atoms with E-state index in [4.69, 9.17) is 11.3 Å². The Labute approximate surface area is 116 Å². The van der Waals surface area contributed by atoms with Gasteiger partial charge in [0.05, 0.1) is 5.69 Å². The van der Waals surface area contributed by atoms with E-state index in [0.717, 1.165) is 12.0 Å². The van der Waals surface area contributed by atoms with Crippen LogP contribution in [0.5, 0.6) is 0 Å². The molecule has 2 aromatic rings. The second-order valence-electron chi connectivity index (χ2n) is 4.00. The summed E-state index contributed by atoms with van der Waals surface area (Å²) in [5.41, 5.74) is 4.15. The number of rotatable bonds is 5. The summed E-state index contributed by atoms with van der Waals surface area (Å²) in [6, 6.07) is 16.0. The van der Waals surface area contributed by atoms with Gasteiger partial charge < -0.3 is 5.32 Å². The molecule has 2 aromatic carbocycles. The van der Waals surface area contributed by atoms with Crippen molar-refractivity contribution in [1.82, 2.24) is 5.53 Å². The number of para-hydroxylation sites is 1. The molecule has 0 spiro atoms. The summed E-state index contributed by atoms with van der Waals surface area (Å²) in [5, 5.41) is 11.3. The Morgan fingerprint density at radius 3 is 2.55 bits per heavy atom. The first-order valence-electron chi connectivity index (χ1n) is 5.97. The van der Waals surface area contributed by atoms with E-state index in [1.165, 1.54) is 5.01 Å². The summed E-state index contributed by atoms with van der Waals surface area (Å²) < 4.78 is 0. The van der Waals surface area contributed by atoms with Crippen LogP contribution < -0.4 is 21.7 Å². The van der Waals surface area contributed by atoms with Gasteiger partial charge in [-0.3, -0.25) is 21.1 Å². The predicted molar refractivity (Wildman–Crippen MR) is 79.4 cm³/mol. The highest BCUT2D eigenvalue weighted by Gasteiger charge is 2.08. The molecule has 102 valence electrons. The number of hydrogen-bond donors (Lipinski definition) is 4. The van der Waals surface area contributed by atoms with Crippen LogP contribution in [-0.2, 0) is 0 Å². The fourth-order valence-electron chi connectivity index (χ4n) is 1.71. The number of carbonyl (C=O) groups excluding carboxylic acids is 1. The number of carbonyl (C=O) groups is 1. The van der Waals surface area contributed by atoms with Gasteiger partial charge in [-0.15, -0.1) is 0 Å². The lowest BCUT2D eigenvalue weighted by molar-refractivity contribution is 0.102. The molecule has 6 nitrogen and oxygen atoms in total. The van der Waals surface area contributed by atoms with Gasteiger partial charge in [0.25, 0.3) is 5.91 Å². The molecule has 5 N–H and O–H groups in total. The number of nitrogens with zero attached hydrogens (tertiary/aromatic N) is 1. The minimum absolute atomic E-state index is 0.222. The summed E-state index contributed by atoms with van der Waals surface area (Å²) in [6.45, 7) is 0. The molecule has 0 unspecified atom stereocenters. The van der Waals surface area contributed by atoms with Crippen molar-refractivity contribution in [3.05, 3.63) is 60.2 Å². The van der Waals surface area contributed by atoms with Crippen molar-refractivity contribution in [3.63, 3.8) is 0 Å². The lowest BCUT2D eigenvalue weighted by Gasteiger charge is -2.17. The van der Waals surface area contributed by atoms with Gasteiger partial charge in [-0.05, 0) is 30.3 Å². The monoisotopic (exact) mass is 269 g/mol. The molecule has 0 saturated heterocycles. The third-order valence-corrected chi connectivity index (χ3v) is 2.69. The van der Waals surface area contributed by atoms with Gasteiger partial charge in [0.15, 0.2) is 0 Å². The highest BCUT2D eigenvalue weighted by Crippen LogP contribution is 2.15. The van der Waals surface area contributed by atoms with Crippen LogP contribution in [0.3, 0.4) is 0 Å². The van der Waals surface area contributed by atoms with Crippen LogP contribution in [0.25, 0.3) is 0 Å². The molecule has 0 radical (unpaired) electrons. The molecular weight excluding hydrogens is 254 g/mol. The zero-order valence-electron chi connectivity index (χ0n) is 10.7. The third kappa shape index (κ3) is 3.19. The number of nitrogens with two attached hydrogens (primary N) is 1. The normalized spacial score (nSPS) is 9.85. The van der Waals surface area contributed by atoms with Crippen molar-refractivity contribution in [2.75, 3.05) is 10.3 Å². The molecule has 0 bridgehead atoms. The zero-order chi connectivity index (χ0) is 14.4. The Balaban J connectivity index is 2.18. The average Bonchev–Trinajstić information content (AvgIpc) is 2.50. The van der Waals surface area contributed by atoms with Crippen molar-refractivity contribution in [2.45, 2.75) is 0 Å². The van der Waals surface area contributed by atoms with Gasteiger partial charge in [-0.2, -0.15) is 5.53 Å². The molecule has 0 aromatic heterocycles. The van der Waals surface area contributed by atoms with Crippen molar-refractivity contribution in [2.24, 2.45) is 5.84 Å². The van der Waals surface area contributed by atoms with E-state index in [1.807, 2.05) is 30.3 Å². The van der Waals surface area contributed by atoms with E-state index in [1.54, 1.807) is 24.3 Å². The molecule has 0 fully saturated rings. The third-order valence-electron chi connectivity index (χ3n) is 2.69. The van der Waals surface area contributed by atoms with Crippen LogP contribution in [0.4, 0.5) is 11.4 Å². The first-order chi connectivity index (χ1) is 9.74. The Morgan fingerprint density at radius 2 is 1.90 bits per heavy atom. The maximum Gasteiger partial charge on any atom is 0.255 e. The van der Waals surface area contributed by atoms with E-state index in [0.29, 0.717) is 11.3 Å². The quantitative estimate of drug-likeness (QED) is 0.288. The van der Waals surface area contributed by atoms with E-state index in [2.05, 4.69) is 10.9 Å². The molecule has 0 atom stereocenters. The van der Waals surface area contributed by atoms with Gasteiger partial charge in [0.1, 0.15) is 6.34 Å². The SMILES string of the molecule is N=CN(NN)c1cccc(C(=O)Nc2ccccc2)c1. The van der Waals surface area contributed by atoms with Crippen LogP contribution in [0.2, 0.25) is 0 Å². The van der Waals surface area contributed by atoms with E-state index < -0.39 is 0 Å². The number of hydrazine groups is 2. The molecule has 6 heteroatoms. The van der Waals surface area contributed by atoms with Crippen LogP contribution in [0.15, 0.2) is 54.6 Å². The first kappa shape index (κ1) is 13.7. The van der Waals surface area contributed by atoms with Crippen molar-refractivity contribution in [1.29, 1.82) is 5.41 Å². The lowest BCUT2D eigenvalue weighted by Crippen LogP contribution is -2.41. The molecule has 20 heavy (non-hydrogen) atoms. The maximum absolute atomic E-state index is 12.1. The standard InChI is InChI=1S/C14H15N5O/c15-10-19(18-16)13-8-4-5-11(9-13)14(20)17-12-6-2-1-3-7-12/h1-10,15,18H,16H2,(H,17,20). The summed E-state index contributed by atoms with van der Waals surface area (Å²) in [4.78, 5) is 12.1. The molecule has 0 aliphatic rings. The fraction of sp³-hybridized carbons (Fsp3) is 0. The number of amides is 1. The highest BCUT2D eigenvalue weighted by atomic mass is 16.1. The number of hydrogen-bond acceptors (Lipinski definition) is 4. The molecule has 1 amide bonds. The lowest BCUT2D eigenvalue weighted by atomic mass is 10.2. The molecule has 0 saturated carbocycles. The van der Waals surface area contributed by atoms with Crippen LogP contribution in [0, 0.1) is 5.41 Å². The van der Waals surface area contributed by atoms with Gasteiger partial charge in [0, 0.05) is 11.3 Å². The topological polar surface area (TPSA) is 94.2 Å². The van der Waals surface area contributed by atoms with Gasteiger partial charge in [0.2, 0.25) is 0 Å². The second kappa shape index (κ2) is 6.46. The molecule has 0 aliphatic heterocycles. The molecule has 2 rings (SSSR count). The van der Waals surface area contributed by atoms with Crippen molar-refractivity contribution >= 4 is 23.6 Å². The summed E-state index contributed by atoms with van der Waals surface area (Å²) in [6.07, 6.45) is 1.02. The van der Waals surface area contributed by atoms with Gasteiger partial charge in [-0.25, -0.2) is 0 Å². The first-order valence-corrected chi connectivity index (χ1v) is 5.97. The summed E-state index contributed by atoms with van der Waals surface area (Å²) >= 11 is 0. The maximum atomic E-state index is 12.1. The minimum atomic E-state index is -0.222. The average molecular weight is 269 g/mol. The Kier molecular flexibility index (Phi) is 4.43.